The number of anilines is 1. The van der Waals surface area contributed by atoms with Crippen LogP contribution in [0.5, 0.6) is 0 Å². The summed E-state index contributed by atoms with van der Waals surface area (Å²) in [7, 11) is 0. The lowest BCUT2D eigenvalue weighted by Crippen LogP contribution is -2.48. The number of nitrogens with zero attached hydrogens (tertiary/aromatic N) is 2. The highest BCUT2D eigenvalue weighted by Crippen LogP contribution is 2.35. The molecule has 2 N–H and O–H groups in total. The molecule has 1 saturated heterocycles. The van der Waals surface area contributed by atoms with Gasteiger partial charge in [-0.25, -0.2) is 18.6 Å². The van der Waals surface area contributed by atoms with E-state index < -0.39 is 49.1 Å². The monoisotopic (exact) mass is 377 g/mol. The SMILES string of the molecule is CC(C)(C)OC(=O)Nc1ncc(C(CO)N2CC(F)(F)CCC2=O)s1. The van der Waals surface area contributed by atoms with Crippen LogP contribution < -0.4 is 5.32 Å². The first kappa shape index (κ1) is 19.5. The van der Waals surface area contributed by atoms with Gasteiger partial charge in [-0.15, -0.1) is 0 Å². The number of aromatic nitrogens is 1. The fraction of sp³-hybridized carbons (Fsp3) is 0.667. The number of piperidine rings is 1. The number of thiazole rings is 1. The average Bonchev–Trinajstić information content (AvgIpc) is 2.89. The highest BCUT2D eigenvalue weighted by Gasteiger charge is 2.42. The van der Waals surface area contributed by atoms with Gasteiger partial charge in [-0.2, -0.15) is 0 Å². The zero-order chi connectivity index (χ0) is 18.8. The predicted octanol–water partition coefficient (Wildman–Crippen LogP) is 2.78. The van der Waals surface area contributed by atoms with Gasteiger partial charge in [-0.05, 0) is 20.8 Å². The van der Waals surface area contributed by atoms with E-state index in [2.05, 4.69) is 10.3 Å². The van der Waals surface area contributed by atoms with Crippen molar-refractivity contribution in [3.63, 3.8) is 0 Å². The standard InChI is InChI=1S/C15H21F2N3O4S/c1-14(2,3)24-13(23)19-12-18-6-10(25-12)9(7-21)20-8-15(16,17)5-4-11(20)22/h6,9,21H,4-5,7-8H2,1-3H3,(H,18,19,23). The van der Waals surface area contributed by atoms with Gasteiger partial charge in [0.05, 0.1) is 24.1 Å². The molecule has 1 unspecified atom stereocenters. The van der Waals surface area contributed by atoms with E-state index in [1.807, 2.05) is 0 Å². The Morgan fingerprint density at radius 3 is 2.84 bits per heavy atom. The molecule has 2 rings (SSSR count). The van der Waals surface area contributed by atoms with Crippen LogP contribution in [0.15, 0.2) is 6.20 Å². The molecule has 0 radical (unpaired) electrons. The second-order valence-electron chi connectivity index (χ2n) is 6.77. The summed E-state index contributed by atoms with van der Waals surface area (Å²) in [5, 5.41) is 12.2. The van der Waals surface area contributed by atoms with Gasteiger partial charge in [0.2, 0.25) is 5.91 Å². The molecule has 1 aromatic heterocycles. The minimum atomic E-state index is -2.98. The molecule has 2 heterocycles. The Morgan fingerprint density at radius 2 is 2.24 bits per heavy atom. The Bertz CT molecular complexity index is 645. The van der Waals surface area contributed by atoms with E-state index in [4.69, 9.17) is 4.74 Å². The number of nitrogens with one attached hydrogen (secondary N) is 1. The smallest absolute Gasteiger partial charge is 0.413 e. The molecule has 140 valence electrons. The number of ether oxygens (including phenoxy) is 1. The number of halogens is 2. The highest BCUT2D eigenvalue weighted by molar-refractivity contribution is 7.15. The first-order valence-electron chi connectivity index (χ1n) is 7.75. The Kier molecular flexibility index (Phi) is 5.62. The van der Waals surface area contributed by atoms with E-state index in [9.17, 15) is 23.5 Å². The molecule has 2 amide bonds. The first-order valence-corrected chi connectivity index (χ1v) is 8.56. The van der Waals surface area contributed by atoms with Gasteiger partial charge in [0.15, 0.2) is 5.13 Å². The lowest BCUT2D eigenvalue weighted by atomic mass is 10.0. The topological polar surface area (TPSA) is 91.8 Å². The van der Waals surface area contributed by atoms with Gasteiger partial charge in [0, 0.05) is 19.0 Å². The van der Waals surface area contributed by atoms with Crippen LogP contribution >= 0.6 is 11.3 Å². The zero-order valence-corrected chi connectivity index (χ0v) is 15.0. The minimum absolute atomic E-state index is 0.193. The molecule has 1 aromatic rings. The Labute approximate surface area is 148 Å². The van der Waals surface area contributed by atoms with Crippen LogP contribution in [0.1, 0.15) is 44.5 Å². The maximum Gasteiger partial charge on any atom is 0.413 e. The summed E-state index contributed by atoms with van der Waals surface area (Å²) in [6, 6.07) is -0.926. The number of amides is 2. The molecule has 0 spiro atoms. The van der Waals surface area contributed by atoms with Crippen LogP contribution in [0.2, 0.25) is 0 Å². The van der Waals surface area contributed by atoms with E-state index in [1.165, 1.54) is 6.20 Å². The third-order valence-corrected chi connectivity index (χ3v) is 4.45. The van der Waals surface area contributed by atoms with Gasteiger partial charge in [0.25, 0.3) is 5.92 Å². The molecular formula is C15H21F2N3O4S. The second-order valence-corrected chi connectivity index (χ2v) is 7.83. The fourth-order valence-corrected chi connectivity index (χ4v) is 3.27. The molecule has 0 bridgehead atoms. The summed E-state index contributed by atoms with van der Waals surface area (Å²) >= 11 is 0.994. The molecule has 25 heavy (non-hydrogen) atoms. The third kappa shape index (κ3) is 5.33. The number of hydrogen-bond acceptors (Lipinski definition) is 6. The molecule has 0 saturated carbocycles. The van der Waals surface area contributed by atoms with E-state index in [0.29, 0.717) is 4.88 Å². The summed E-state index contributed by atoms with van der Waals surface area (Å²) in [4.78, 5) is 29.1. The van der Waals surface area contributed by atoms with E-state index >= 15 is 0 Å². The predicted molar refractivity (Wildman–Crippen MR) is 87.7 cm³/mol. The van der Waals surface area contributed by atoms with Crippen molar-refractivity contribution in [2.75, 3.05) is 18.5 Å². The van der Waals surface area contributed by atoms with Crippen molar-refractivity contribution < 1.29 is 28.2 Å². The van der Waals surface area contributed by atoms with E-state index in [-0.39, 0.29) is 11.6 Å². The van der Waals surface area contributed by atoms with Crippen molar-refractivity contribution in [1.82, 2.24) is 9.88 Å². The van der Waals surface area contributed by atoms with Crippen LogP contribution in [0.4, 0.5) is 18.7 Å². The molecule has 0 aliphatic carbocycles. The highest BCUT2D eigenvalue weighted by atomic mass is 32.1. The maximum absolute atomic E-state index is 13.6. The zero-order valence-electron chi connectivity index (χ0n) is 14.2. The number of aliphatic hydroxyl groups excluding tert-OH is 1. The summed E-state index contributed by atoms with van der Waals surface area (Å²) in [6.45, 7) is 3.87. The number of carbonyl (C=O) groups is 2. The Hall–Kier alpha value is -1.81. The normalized spacial score (nSPS) is 18.8. The fourth-order valence-electron chi connectivity index (χ4n) is 2.37. The van der Waals surface area contributed by atoms with Gasteiger partial charge in [-0.1, -0.05) is 11.3 Å². The largest absolute Gasteiger partial charge is 0.444 e. The van der Waals surface area contributed by atoms with Crippen LogP contribution in [-0.2, 0) is 9.53 Å². The molecule has 1 fully saturated rings. The van der Waals surface area contributed by atoms with Crippen molar-refractivity contribution in [2.24, 2.45) is 0 Å². The third-order valence-electron chi connectivity index (χ3n) is 3.44. The number of likely N-dealkylation sites (tertiary alicyclic amines) is 1. The van der Waals surface area contributed by atoms with Crippen molar-refractivity contribution in [3.8, 4) is 0 Å². The molecule has 1 aliphatic heterocycles. The second kappa shape index (κ2) is 7.20. The maximum atomic E-state index is 13.6. The molecule has 1 atom stereocenters. The van der Waals surface area contributed by atoms with Crippen molar-refractivity contribution in [2.45, 2.75) is 51.2 Å². The van der Waals surface area contributed by atoms with E-state index in [0.717, 1.165) is 16.2 Å². The molecular weight excluding hydrogens is 356 g/mol. The van der Waals surface area contributed by atoms with E-state index in [1.54, 1.807) is 20.8 Å². The first-order chi connectivity index (χ1) is 11.5. The van der Waals surface area contributed by atoms with Gasteiger partial charge in [0.1, 0.15) is 5.60 Å². The number of alkyl halides is 2. The quantitative estimate of drug-likeness (QED) is 0.842. The summed E-state index contributed by atoms with van der Waals surface area (Å²) in [5.74, 6) is -3.43. The summed E-state index contributed by atoms with van der Waals surface area (Å²) < 4.78 is 32.3. The number of aliphatic hydroxyl groups is 1. The minimum Gasteiger partial charge on any atom is -0.444 e. The molecule has 10 heteroatoms. The van der Waals surface area contributed by atoms with Crippen LogP contribution in [0.25, 0.3) is 0 Å². The molecule has 1 aliphatic rings. The molecule has 7 nitrogen and oxygen atoms in total. The number of carbonyl (C=O) groups excluding carboxylic acids is 2. The van der Waals surface area contributed by atoms with Gasteiger partial charge < -0.3 is 14.7 Å². The van der Waals surface area contributed by atoms with Crippen LogP contribution in [0.3, 0.4) is 0 Å². The van der Waals surface area contributed by atoms with Crippen molar-refractivity contribution in [1.29, 1.82) is 0 Å². The lowest BCUT2D eigenvalue weighted by Gasteiger charge is -2.36. The summed E-state index contributed by atoms with van der Waals surface area (Å²) in [5.41, 5.74) is -0.677. The van der Waals surface area contributed by atoms with Gasteiger partial charge in [-0.3, -0.25) is 10.1 Å². The van der Waals surface area contributed by atoms with Crippen LogP contribution in [0, 0.1) is 0 Å². The Morgan fingerprint density at radius 1 is 1.56 bits per heavy atom. The lowest BCUT2D eigenvalue weighted by molar-refractivity contribution is -0.152. The average molecular weight is 377 g/mol. The van der Waals surface area contributed by atoms with Crippen LogP contribution in [-0.4, -0.2) is 51.7 Å². The van der Waals surface area contributed by atoms with Crippen molar-refractivity contribution in [3.05, 3.63) is 11.1 Å². The van der Waals surface area contributed by atoms with Crippen molar-refractivity contribution >= 4 is 28.5 Å². The van der Waals surface area contributed by atoms with Gasteiger partial charge >= 0.3 is 6.09 Å². The molecule has 0 aromatic carbocycles. The number of rotatable bonds is 4. The summed E-state index contributed by atoms with van der Waals surface area (Å²) in [6.07, 6.45) is -0.118. The Balaban J connectivity index is 2.10. The number of hydrogen-bond donors (Lipinski definition) is 2.